The van der Waals surface area contributed by atoms with Gasteiger partial charge in [-0.1, -0.05) is 35.9 Å². The van der Waals surface area contributed by atoms with Gasteiger partial charge in [0.1, 0.15) is 0 Å². The molecule has 3 rings (SSSR count). The summed E-state index contributed by atoms with van der Waals surface area (Å²) in [5.74, 6) is -0.0110. The first-order valence-electron chi connectivity index (χ1n) is 7.10. The first-order valence-corrected chi connectivity index (χ1v) is 8.47. The van der Waals surface area contributed by atoms with E-state index in [-0.39, 0.29) is 18.1 Å². The summed E-state index contributed by atoms with van der Waals surface area (Å²) < 4.78 is 5.12. The van der Waals surface area contributed by atoms with Crippen LogP contribution in [0, 0.1) is 0 Å². The van der Waals surface area contributed by atoms with Crippen molar-refractivity contribution < 1.29 is 14.3 Å². The van der Waals surface area contributed by atoms with E-state index in [0.29, 0.717) is 11.6 Å². The number of hydrogen-bond acceptors (Lipinski definition) is 4. The topological polar surface area (TPSA) is 46.6 Å². The number of benzene rings is 2. The van der Waals surface area contributed by atoms with Gasteiger partial charge in [-0.15, -0.1) is 11.8 Å². The van der Waals surface area contributed by atoms with E-state index in [9.17, 15) is 9.59 Å². The lowest BCUT2D eigenvalue weighted by molar-refractivity contribution is -0.121. The van der Waals surface area contributed by atoms with Crippen LogP contribution in [0.1, 0.15) is 10.4 Å². The number of halogens is 1. The van der Waals surface area contributed by atoms with Crippen molar-refractivity contribution in [2.75, 3.05) is 23.8 Å². The minimum atomic E-state index is -0.594. The van der Waals surface area contributed by atoms with E-state index < -0.39 is 5.97 Å². The van der Waals surface area contributed by atoms with Gasteiger partial charge >= 0.3 is 5.97 Å². The lowest BCUT2D eigenvalue weighted by atomic mass is 10.2. The third-order valence-electron chi connectivity index (χ3n) is 3.45. The van der Waals surface area contributed by atoms with E-state index in [1.807, 2.05) is 24.3 Å². The van der Waals surface area contributed by atoms with Crippen LogP contribution in [0.3, 0.4) is 0 Å². The number of ether oxygens (including phenoxy) is 1. The van der Waals surface area contributed by atoms with Crippen molar-refractivity contribution in [3.05, 3.63) is 59.1 Å². The molecule has 1 amide bonds. The number of fused-ring (bicyclic) bond motifs is 1. The van der Waals surface area contributed by atoms with Crippen LogP contribution >= 0.6 is 23.4 Å². The molecule has 0 bridgehead atoms. The quantitative estimate of drug-likeness (QED) is 0.795. The Labute approximate surface area is 143 Å². The molecule has 1 heterocycles. The fourth-order valence-corrected chi connectivity index (χ4v) is 3.55. The molecule has 0 radical (unpaired) electrons. The highest BCUT2D eigenvalue weighted by Gasteiger charge is 2.24. The second-order valence-corrected chi connectivity index (χ2v) is 6.46. The number of hydrogen-bond donors (Lipinski definition) is 0. The molecule has 0 N–H and O–H groups in total. The summed E-state index contributed by atoms with van der Waals surface area (Å²) in [7, 11) is 0. The molecule has 118 valence electrons. The van der Waals surface area contributed by atoms with Gasteiger partial charge in [0.2, 0.25) is 0 Å². The number of carbonyl (C=O) groups is 2. The van der Waals surface area contributed by atoms with Crippen LogP contribution in [-0.2, 0) is 9.53 Å². The zero-order valence-corrected chi connectivity index (χ0v) is 13.8. The van der Waals surface area contributed by atoms with Crippen molar-refractivity contribution in [3.8, 4) is 0 Å². The summed E-state index contributed by atoms with van der Waals surface area (Å²) in [5.41, 5.74) is 1.12. The van der Waals surface area contributed by atoms with Crippen LogP contribution in [0.25, 0.3) is 0 Å². The van der Waals surface area contributed by atoms with Crippen molar-refractivity contribution in [2.45, 2.75) is 4.90 Å². The van der Waals surface area contributed by atoms with Gasteiger partial charge in [0.15, 0.2) is 6.61 Å². The standard InChI is InChI=1S/C17H14ClNO3S/c18-13-6-2-1-5-12(13)17(21)22-11-16(20)19-9-10-23-15-8-4-3-7-14(15)19/h1-8H,9-11H2. The molecule has 6 heteroatoms. The maximum atomic E-state index is 12.4. The van der Waals surface area contributed by atoms with E-state index >= 15 is 0 Å². The van der Waals surface area contributed by atoms with Gasteiger partial charge in [0, 0.05) is 17.2 Å². The lowest BCUT2D eigenvalue weighted by Gasteiger charge is -2.28. The second kappa shape index (κ2) is 7.06. The van der Waals surface area contributed by atoms with Crippen LogP contribution in [0.5, 0.6) is 0 Å². The summed E-state index contributed by atoms with van der Waals surface area (Å²) in [5, 5.41) is 0.310. The predicted octanol–water partition coefficient (Wildman–Crippen LogP) is 3.64. The molecular weight excluding hydrogens is 334 g/mol. The van der Waals surface area contributed by atoms with Gasteiger partial charge in [0.05, 0.1) is 16.3 Å². The van der Waals surface area contributed by atoms with E-state index in [4.69, 9.17) is 16.3 Å². The Balaban J connectivity index is 1.67. The molecule has 0 saturated heterocycles. The number of amides is 1. The van der Waals surface area contributed by atoms with Gasteiger partial charge in [0.25, 0.3) is 5.91 Å². The van der Waals surface area contributed by atoms with Crippen molar-refractivity contribution >= 4 is 40.9 Å². The largest absolute Gasteiger partial charge is 0.452 e. The predicted molar refractivity (Wildman–Crippen MR) is 91.3 cm³/mol. The Kier molecular flexibility index (Phi) is 4.88. The minimum Gasteiger partial charge on any atom is -0.452 e. The highest BCUT2D eigenvalue weighted by Crippen LogP contribution is 2.34. The van der Waals surface area contributed by atoms with Crippen LogP contribution in [-0.4, -0.2) is 30.8 Å². The lowest BCUT2D eigenvalue weighted by Crippen LogP contribution is -2.38. The number of anilines is 1. The fraction of sp³-hybridized carbons (Fsp3) is 0.176. The highest BCUT2D eigenvalue weighted by molar-refractivity contribution is 7.99. The van der Waals surface area contributed by atoms with Gasteiger partial charge in [-0.05, 0) is 24.3 Å². The number of thioether (sulfide) groups is 1. The molecule has 0 unspecified atom stereocenters. The summed E-state index contributed by atoms with van der Waals surface area (Å²) in [6.07, 6.45) is 0. The highest BCUT2D eigenvalue weighted by atomic mass is 35.5. The summed E-state index contributed by atoms with van der Waals surface area (Å²) in [4.78, 5) is 27.1. The normalized spacial score (nSPS) is 13.3. The Bertz CT molecular complexity index is 750. The molecule has 0 saturated carbocycles. The SMILES string of the molecule is O=C(OCC(=O)N1CCSc2ccccc21)c1ccccc1Cl. The number of para-hydroxylation sites is 1. The number of esters is 1. The monoisotopic (exact) mass is 347 g/mol. The molecule has 1 aliphatic heterocycles. The maximum Gasteiger partial charge on any atom is 0.340 e. The molecule has 4 nitrogen and oxygen atoms in total. The molecule has 1 aliphatic rings. The number of nitrogens with zero attached hydrogens (tertiary/aromatic N) is 1. The molecule has 0 spiro atoms. The first-order chi connectivity index (χ1) is 11.2. The van der Waals surface area contributed by atoms with E-state index in [1.165, 1.54) is 0 Å². The molecule has 0 aliphatic carbocycles. The smallest absolute Gasteiger partial charge is 0.340 e. The van der Waals surface area contributed by atoms with Crippen molar-refractivity contribution in [1.29, 1.82) is 0 Å². The first kappa shape index (κ1) is 15.9. The Hall–Kier alpha value is -1.98. The third-order valence-corrected chi connectivity index (χ3v) is 4.82. The van der Waals surface area contributed by atoms with Crippen molar-refractivity contribution in [1.82, 2.24) is 0 Å². The fourth-order valence-electron chi connectivity index (χ4n) is 2.34. The second-order valence-electron chi connectivity index (χ2n) is 4.92. The minimum absolute atomic E-state index is 0.238. The summed E-state index contributed by atoms with van der Waals surface area (Å²) >= 11 is 7.67. The molecule has 0 aromatic heterocycles. The summed E-state index contributed by atoms with van der Waals surface area (Å²) in [6, 6.07) is 14.3. The van der Waals surface area contributed by atoms with E-state index in [2.05, 4.69) is 0 Å². The van der Waals surface area contributed by atoms with Gasteiger partial charge in [-0.25, -0.2) is 4.79 Å². The zero-order chi connectivity index (χ0) is 16.2. The van der Waals surface area contributed by atoms with Crippen molar-refractivity contribution in [2.24, 2.45) is 0 Å². The average Bonchev–Trinajstić information content (AvgIpc) is 2.59. The molecular formula is C17H14ClNO3S. The van der Waals surface area contributed by atoms with Gasteiger partial charge in [-0.2, -0.15) is 0 Å². The Morgan fingerprint density at radius 1 is 1.13 bits per heavy atom. The summed E-state index contributed by atoms with van der Waals surface area (Å²) in [6.45, 7) is 0.299. The average molecular weight is 348 g/mol. The molecule has 0 atom stereocenters. The Morgan fingerprint density at radius 3 is 2.70 bits per heavy atom. The molecule has 0 fully saturated rings. The third kappa shape index (κ3) is 3.51. The van der Waals surface area contributed by atoms with Gasteiger partial charge < -0.3 is 9.64 Å². The number of carbonyl (C=O) groups excluding carboxylic acids is 2. The van der Waals surface area contributed by atoms with Crippen LogP contribution in [0.2, 0.25) is 5.02 Å². The van der Waals surface area contributed by atoms with Gasteiger partial charge in [-0.3, -0.25) is 4.79 Å². The molecule has 23 heavy (non-hydrogen) atoms. The number of rotatable bonds is 3. The maximum absolute atomic E-state index is 12.4. The van der Waals surface area contributed by atoms with Crippen LogP contribution in [0.4, 0.5) is 5.69 Å². The van der Waals surface area contributed by atoms with Crippen LogP contribution in [0.15, 0.2) is 53.4 Å². The van der Waals surface area contributed by atoms with E-state index in [0.717, 1.165) is 16.3 Å². The van der Waals surface area contributed by atoms with Crippen LogP contribution < -0.4 is 4.90 Å². The molecule has 2 aromatic rings. The van der Waals surface area contributed by atoms with E-state index in [1.54, 1.807) is 40.9 Å². The Morgan fingerprint density at radius 2 is 1.87 bits per heavy atom. The molecule has 2 aromatic carbocycles. The zero-order valence-electron chi connectivity index (χ0n) is 12.2. The van der Waals surface area contributed by atoms with Crippen molar-refractivity contribution in [3.63, 3.8) is 0 Å².